The number of allylic oxidation sites excluding steroid dienone is 3. The van der Waals surface area contributed by atoms with Gasteiger partial charge in [0.15, 0.2) is 0 Å². The summed E-state index contributed by atoms with van der Waals surface area (Å²) < 4.78 is 10.4. The Bertz CT molecular complexity index is 409. The van der Waals surface area contributed by atoms with Gasteiger partial charge in [-0.2, -0.15) is 0 Å². The normalized spacial score (nSPS) is 25.9. The zero-order chi connectivity index (χ0) is 15.9. The maximum atomic E-state index is 11.1. The molecule has 0 aromatic heterocycles. The van der Waals surface area contributed by atoms with E-state index < -0.39 is 0 Å². The van der Waals surface area contributed by atoms with Crippen LogP contribution in [0.15, 0.2) is 23.3 Å². The van der Waals surface area contributed by atoms with E-state index >= 15 is 0 Å². The number of hydrogen-bond acceptors (Lipinski definition) is 3. The molecule has 3 heteroatoms. The molecule has 0 saturated carbocycles. The van der Waals surface area contributed by atoms with Crippen LogP contribution in [0.2, 0.25) is 0 Å². The zero-order valence-electron chi connectivity index (χ0n) is 14.2. The van der Waals surface area contributed by atoms with Gasteiger partial charge in [-0.25, -0.2) is 4.79 Å². The Kier molecular flexibility index (Phi) is 7.16. The number of rotatable bonds is 9. The molecular weight excluding hydrogens is 264 g/mol. The zero-order valence-corrected chi connectivity index (χ0v) is 14.2. The number of hydrogen-bond donors (Lipinski definition) is 0. The van der Waals surface area contributed by atoms with Crippen molar-refractivity contribution in [2.24, 2.45) is 0 Å². The Morgan fingerprint density at radius 2 is 2.05 bits per heavy atom. The highest BCUT2D eigenvalue weighted by Crippen LogP contribution is 2.42. The average molecular weight is 294 g/mol. The molecule has 0 bridgehead atoms. The van der Waals surface area contributed by atoms with E-state index in [1.807, 2.05) is 6.92 Å². The summed E-state index contributed by atoms with van der Waals surface area (Å²) in [6, 6.07) is 0. The topological polar surface area (TPSA) is 38.8 Å². The van der Waals surface area contributed by atoms with Crippen molar-refractivity contribution in [3.8, 4) is 0 Å². The molecular formula is C18H30O3. The molecule has 1 saturated heterocycles. The minimum atomic E-state index is -0.267. The van der Waals surface area contributed by atoms with E-state index in [0.717, 1.165) is 44.1 Å². The van der Waals surface area contributed by atoms with Crippen LogP contribution < -0.4 is 0 Å². The van der Waals surface area contributed by atoms with Crippen molar-refractivity contribution in [1.82, 2.24) is 0 Å². The lowest BCUT2D eigenvalue weighted by Gasteiger charge is -2.05. The molecule has 1 aliphatic heterocycles. The first-order chi connectivity index (χ1) is 9.95. The molecule has 3 nitrogen and oxygen atoms in total. The van der Waals surface area contributed by atoms with E-state index in [9.17, 15) is 4.79 Å². The highest BCUT2D eigenvalue weighted by atomic mass is 16.6. The molecule has 0 aromatic carbocycles. The SMILES string of the molecule is CC/C(=C\CC/C(C)=C/C(=O)OC)CC[C@H]1O[C@@]1(C)CC. The number of epoxide rings is 1. The largest absolute Gasteiger partial charge is 0.466 e. The molecule has 0 unspecified atom stereocenters. The van der Waals surface area contributed by atoms with Gasteiger partial charge in [0.1, 0.15) is 0 Å². The summed E-state index contributed by atoms with van der Waals surface area (Å²) >= 11 is 0. The van der Waals surface area contributed by atoms with Gasteiger partial charge in [0.25, 0.3) is 0 Å². The summed E-state index contributed by atoms with van der Waals surface area (Å²) in [6.45, 7) is 8.57. The molecule has 0 radical (unpaired) electrons. The van der Waals surface area contributed by atoms with Gasteiger partial charge in [0.05, 0.1) is 18.8 Å². The van der Waals surface area contributed by atoms with Crippen molar-refractivity contribution >= 4 is 5.97 Å². The fraction of sp³-hybridized carbons (Fsp3) is 0.722. The molecule has 1 heterocycles. The molecule has 2 atom stereocenters. The second-order valence-electron chi connectivity index (χ2n) is 6.08. The van der Waals surface area contributed by atoms with Crippen LogP contribution in [0.3, 0.4) is 0 Å². The van der Waals surface area contributed by atoms with Crippen LogP contribution in [0, 0.1) is 0 Å². The summed E-state index contributed by atoms with van der Waals surface area (Å²) in [5.74, 6) is -0.267. The number of ether oxygens (including phenoxy) is 2. The third kappa shape index (κ3) is 6.04. The molecule has 1 aliphatic rings. The predicted molar refractivity (Wildman–Crippen MR) is 86.2 cm³/mol. The second kappa shape index (κ2) is 8.38. The van der Waals surface area contributed by atoms with Gasteiger partial charge in [-0.1, -0.05) is 31.1 Å². The highest BCUT2D eigenvalue weighted by Gasteiger charge is 2.49. The van der Waals surface area contributed by atoms with Crippen molar-refractivity contribution in [3.63, 3.8) is 0 Å². The first-order valence-electron chi connectivity index (χ1n) is 8.06. The van der Waals surface area contributed by atoms with Gasteiger partial charge in [0, 0.05) is 6.08 Å². The lowest BCUT2D eigenvalue weighted by Crippen LogP contribution is -2.07. The van der Waals surface area contributed by atoms with Crippen LogP contribution in [-0.2, 0) is 14.3 Å². The first kappa shape index (κ1) is 18.0. The fourth-order valence-electron chi connectivity index (χ4n) is 2.54. The van der Waals surface area contributed by atoms with Crippen molar-refractivity contribution in [2.75, 3.05) is 7.11 Å². The summed E-state index contributed by atoms with van der Waals surface area (Å²) in [5.41, 5.74) is 2.70. The van der Waals surface area contributed by atoms with E-state index in [1.165, 1.54) is 12.7 Å². The standard InChI is InChI=1S/C18H30O3/c1-6-15(11-12-16-18(4,7-2)21-16)10-8-9-14(3)13-17(19)20-5/h10,13,16H,6-9,11-12H2,1-5H3/b14-13+,15-10+/t16-,18+/m1/s1. The van der Waals surface area contributed by atoms with Gasteiger partial charge in [0.2, 0.25) is 0 Å². The molecule has 0 N–H and O–H groups in total. The Morgan fingerprint density at radius 1 is 1.33 bits per heavy atom. The minimum absolute atomic E-state index is 0.138. The summed E-state index contributed by atoms with van der Waals surface area (Å²) in [5, 5.41) is 0. The molecule has 0 aromatic rings. The molecule has 0 aliphatic carbocycles. The van der Waals surface area contributed by atoms with Crippen molar-refractivity contribution in [2.45, 2.75) is 77.9 Å². The average Bonchev–Trinajstić information content (AvgIpc) is 3.13. The Morgan fingerprint density at radius 3 is 2.57 bits per heavy atom. The maximum absolute atomic E-state index is 11.1. The van der Waals surface area contributed by atoms with Crippen LogP contribution in [0.1, 0.15) is 66.2 Å². The van der Waals surface area contributed by atoms with Crippen LogP contribution in [0.5, 0.6) is 0 Å². The Labute approximate surface area is 129 Å². The maximum Gasteiger partial charge on any atom is 0.330 e. The van der Waals surface area contributed by atoms with Gasteiger partial charge in [-0.05, 0) is 52.4 Å². The van der Waals surface area contributed by atoms with Crippen LogP contribution in [0.25, 0.3) is 0 Å². The Hall–Kier alpha value is -1.09. The van der Waals surface area contributed by atoms with Crippen LogP contribution in [0.4, 0.5) is 0 Å². The number of carbonyl (C=O) groups excluding carboxylic acids is 1. The molecule has 120 valence electrons. The van der Waals surface area contributed by atoms with E-state index in [1.54, 1.807) is 6.08 Å². The number of carbonyl (C=O) groups is 1. The van der Waals surface area contributed by atoms with Crippen molar-refractivity contribution in [1.29, 1.82) is 0 Å². The Balaban J connectivity index is 2.32. The lowest BCUT2D eigenvalue weighted by molar-refractivity contribution is -0.134. The number of methoxy groups -OCH3 is 1. The molecule has 0 spiro atoms. The summed E-state index contributed by atoms with van der Waals surface area (Å²) in [4.78, 5) is 11.1. The second-order valence-corrected chi connectivity index (χ2v) is 6.08. The highest BCUT2D eigenvalue weighted by molar-refractivity contribution is 5.82. The quantitative estimate of drug-likeness (QED) is 0.270. The molecule has 0 amide bonds. The summed E-state index contributed by atoms with van der Waals surface area (Å²) in [7, 11) is 1.41. The lowest BCUT2D eigenvalue weighted by atomic mass is 9.97. The van der Waals surface area contributed by atoms with E-state index in [2.05, 4.69) is 31.6 Å². The first-order valence-corrected chi connectivity index (χ1v) is 8.06. The fourth-order valence-corrected chi connectivity index (χ4v) is 2.54. The van der Waals surface area contributed by atoms with Gasteiger partial charge < -0.3 is 9.47 Å². The van der Waals surface area contributed by atoms with Crippen molar-refractivity contribution in [3.05, 3.63) is 23.3 Å². The molecule has 1 rings (SSSR count). The van der Waals surface area contributed by atoms with Gasteiger partial charge >= 0.3 is 5.97 Å². The van der Waals surface area contributed by atoms with Crippen molar-refractivity contribution < 1.29 is 14.3 Å². The minimum Gasteiger partial charge on any atom is -0.466 e. The van der Waals surface area contributed by atoms with E-state index in [4.69, 9.17) is 4.74 Å². The van der Waals surface area contributed by atoms with E-state index in [0.29, 0.717) is 6.10 Å². The van der Waals surface area contributed by atoms with Crippen LogP contribution >= 0.6 is 0 Å². The summed E-state index contributed by atoms with van der Waals surface area (Å²) in [6.07, 6.45) is 10.7. The monoisotopic (exact) mass is 294 g/mol. The van der Waals surface area contributed by atoms with Gasteiger partial charge in [-0.15, -0.1) is 0 Å². The molecule has 1 fully saturated rings. The smallest absolute Gasteiger partial charge is 0.330 e. The third-order valence-electron chi connectivity index (χ3n) is 4.46. The molecule has 21 heavy (non-hydrogen) atoms. The predicted octanol–water partition coefficient (Wildman–Crippen LogP) is 4.57. The van der Waals surface area contributed by atoms with E-state index in [-0.39, 0.29) is 11.6 Å². The number of esters is 1. The van der Waals surface area contributed by atoms with Gasteiger partial charge in [-0.3, -0.25) is 0 Å². The van der Waals surface area contributed by atoms with Crippen LogP contribution in [-0.4, -0.2) is 24.8 Å². The third-order valence-corrected chi connectivity index (χ3v) is 4.46.